The van der Waals surface area contributed by atoms with Gasteiger partial charge < -0.3 is 24.9 Å². The number of aromatic nitrogens is 3. The Morgan fingerprint density at radius 2 is 0.950 bits per heavy atom. The fourth-order valence-electron chi connectivity index (χ4n) is 14.6. The molecule has 618 valence electrons. The number of carbonyl (C=O) groups excluding carboxylic acids is 3. The quantitative estimate of drug-likeness (QED) is 0.0786. The van der Waals surface area contributed by atoms with Gasteiger partial charge in [0.05, 0.1) is 88.9 Å². The lowest BCUT2D eigenvalue weighted by atomic mass is 10.1. The summed E-state index contributed by atoms with van der Waals surface area (Å²) >= 11 is 7.98. The van der Waals surface area contributed by atoms with Crippen molar-refractivity contribution in [2.75, 3.05) is 87.1 Å². The van der Waals surface area contributed by atoms with Gasteiger partial charge in [-0.25, -0.2) is 52.1 Å². The van der Waals surface area contributed by atoms with Gasteiger partial charge in [-0.2, -0.15) is 0 Å². The van der Waals surface area contributed by atoms with Gasteiger partial charge in [-0.3, -0.25) is 36.3 Å². The molecule has 0 radical (unpaired) electrons. The number of rotatable bonds is 14. The van der Waals surface area contributed by atoms with E-state index in [4.69, 9.17) is 16.0 Å². The van der Waals surface area contributed by atoms with Gasteiger partial charge in [0, 0.05) is 101 Å². The first-order chi connectivity index (χ1) is 57.1. The van der Waals surface area contributed by atoms with Crippen molar-refractivity contribution in [2.24, 2.45) is 7.05 Å². The molecule has 0 atom stereocenters. The van der Waals surface area contributed by atoms with Crippen molar-refractivity contribution in [3.8, 4) is 11.3 Å². The lowest BCUT2D eigenvalue weighted by Crippen LogP contribution is -2.32. The molecule has 4 aliphatic heterocycles. The van der Waals surface area contributed by atoms with E-state index in [0.717, 1.165) is 106 Å². The van der Waals surface area contributed by atoms with Crippen LogP contribution in [0.3, 0.4) is 0 Å². The van der Waals surface area contributed by atoms with Gasteiger partial charge >= 0.3 is 0 Å². The summed E-state index contributed by atoms with van der Waals surface area (Å²) in [7, 11) is -15.2. The summed E-state index contributed by atoms with van der Waals surface area (Å²) < 4.78 is 143. The molecular weight excluding hydrogens is 1650 g/mol. The molecule has 0 aliphatic carbocycles. The number of amides is 3. The number of hydrogen-bond acceptors (Lipinski definition) is 17. The summed E-state index contributed by atoms with van der Waals surface area (Å²) in [5.74, 6) is -0.0745. The lowest BCUT2D eigenvalue weighted by molar-refractivity contribution is 0.101. The Morgan fingerprint density at radius 1 is 0.454 bits per heavy atom. The lowest BCUT2D eigenvalue weighted by Gasteiger charge is -2.23. The summed E-state index contributed by atoms with van der Waals surface area (Å²) in [5.41, 5.74) is 13.4. The molecular formula is C87H88ClN11O14S6. The van der Waals surface area contributed by atoms with E-state index < -0.39 is 50.1 Å². The number of nitrogens with zero attached hydrogens (tertiary/aromatic N) is 7. The number of anilines is 8. The molecule has 0 saturated carbocycles. The smallest absolute Gasteiger partial charge is 0.261 e. The molecule has 4 fully saturated rings. The van der Waals surface area contributed by atoms with Crippen molar-refractivity contribution in [1.82, 2.24) is 14.5 Å². The standard InChI is InChI=1S/C26H24ClN3O4S2.C22H25N3O3S.C20H20N2O4S.C19H19N3O3S2/c27-24-14-9-20(18-23(24)26-15-8-19-6-2-3-7-25(19)28-26)29-36(33,34)22-12-10-21(11-13-22)30-16-4-1-5-17-35(30,31)32;1-16-14-19(25-11-4-3-5-13-29(25,27)28)8-9-20(16)22(26)23-18-7-6-17-10-12-24(2)21(17)15-18;23-20(21-17-6-9-19-16(14-17)10-12-26-19)15-4-7-18(8-5-15)22-11-2-1-3-13-27(22,24)25;23-19(21-15-6-9-18-17(12-15)20-13-26-18)14-4-7-16(8-5-14)22-10-2-1-3-11-27(22,24)25/h2-3,6-15,18,29H,1,4-5,16-17H2;6-10,12,14-15H,3-5,11,13H2,1-2H3,(H,23,26);4-10,12,14H,1-3,11,13H2,(H,21,23);4-9,12-13H,1-3,10-11H2,(H,21,23). The monoisotopic (exact) mass is 1740 g/mol. The van der Waals surface area contributed by atoms with Crippen LogP contribution < -0.4 is 37.9 Å². The second-order valence-electron chi connectivity index (χ2n) is 29.3. The van der Waals surface area contributed by atoms with Gasteiger partial charge in [0.2, 0.25) is 40.1 Å². The van der Waals surface area contributed by atoms with E-state index >= 15 is 0 Å². The van der Waals surface area contributed by atoms with E-state index in [2.05, 4.69) is 30.6 Å². The zero-order valence-electron chi connectivity index (χ0n) is 65.3. The Hall–Kier alpha value is -11.2. The number of carbonyl (C=O) groups is 3. The molecule has 3 amide bonds. The summed E-state index contributed by atoms with van der Waals surface area (Å²) in [6, 6.07) is 61.6. The number of benzene rings is 9. The predicted molar refractivity (Wildman–Crippen MR) is 476 cm³/mol. The van der Waals surface area contributed by atoms with E-state index in [1.807, 2.05) is 116 Å². The number of thiazole rings is 1. The van der Waals surface area contributed by atoms with Crippen molar-refractivity contribution >= 4 is 179 Å². The molecule has 9 aromatic carbocycles. The Morgan fingerprint density at radius 3 is 1.53 bits per heavy atom. The summed E-state index contributed by atoms with van der Waals surface area (Å²) in [6.45, 7) is 3.69. The van der Waals surface area contributed by atoms with Crippen LogP contribution in [0.15, 0.2) is 240 Å². The van der Waals surface area contributed by atoms with E-state index in [1.54, 1.807) is 120 Å². The van der Waals surface area contributed by atoms with Crippen LogP contribution in [0, 0.1) is 6.92 Å². The first-order valence-corrected chi connectivity index (χ1v) is 48.2. The van der Waals surface area contributed by atoms with E-state index in [-0.39, 0.29) is 45.6 Å². The van der Waals surface area contributed by atoms with Gasteiger partial charge in [0.15, 0.2) is 0 Å². The topological polar surface area (TPSA) is 327 Å². The van der Waals surface area contributed by atoms with Crippen molar-refractivity contribution in [3.05, 3.63) is 258 Å². The molecule has 32 heteroatoms. The molecule has 0 spiro atoms. The Bertz CT molecular complexity index is 6350. The number of fused-ring (bicyclic) bond motifs is 4. The molecule has 25 nitrogen and oxygen atoms in total. The molecule has 13 aromatic rings. The molecule has 4 aromatic heterocycles. The maximum atomic E-state index is 13.1. The Labute approximate surface area is 701 Å². The van der Waals surface area contributed by atoms with Crippen LogP contribution in [-0.4, -0.2) is 124 Å². The van der Waals surface area contributed by atoms with Gasteiger partial charge in [-0.05, 0) is 251 Å². The van der Waals surface area contributed by atoms with Crippen molar-refractivity contribution in [3.63, 3.8) is 0 Å². The number of hydrogen-bond donors (Lipinski definition) is 4. The molecule has 4 aliphatic rings. The number of nitrogens with one attached hydrogen (secondary N) is 4. The predicted octanol–water partition coefficient (Wildman–Crippen LogP) is 17.6. The SMILES string of the molecule is Cc1cc(N2CCCCCS2(=O)=O)ccc1C(=O)Nc1ccc2ccn(C)c2c1.O=C(Nc1ccc2occc2c1)c1ccc(N2CCCCCS2(=O)=O)cc1.O=C(Nc1ccc2scnc2c1)c1ccc(N2CCCCCS2(=O)=O)cc1.O=S(=O)(Nc1ccc(Cl)c(-c2ccc3ccccc3n2)c1)c1ccc(N2CCCCCS2(=O)=O)cc1. The summed E-state index contributed by atoms with van der Waals surface area (Å²) in [4.78, 5) is 46.7. The molecule has 17 rings (SSSR count). The van der Waals surface area contributed by atoms with Crippen molar-refractivity contribution in [2.45, 2.75) is 88.9 Å². The van der Waals surface area contributed by atoms with Crippen LogP contribution in [0.4, 0.5) is 45.5 Å². The third kappa shape index (κ3) is 20.4. The normalized spacial score (nSPS) is 16.5. The zero-order valence-corrected chi connectivity index (χ0v) is 70.9. The van der Waals surface area contributed by atoms with Crippen LogP contribution in [0.5, 0.6) is 0 Å². The number of sulfonamides is 5. The third-order valence-corrected chi connectivity index (χ3v) is 31.0. The van der Waals surface area contributed by atoms with Gasteiger partial charge in [-0.1, -0.05) is 67.6 Å². The second kappa shape index (κ2) is 36.6. The number of para-hydroxylation sites is 1. The summed E-state index contributed by atoms with van der Waals surface area (Å²) in [6.07, 6.45) is 13.2. The van der Waals surface area contributed by atoms with Crippen LogP contribution in [0.25, 0.3) is 54.2 Å². The van der Waals surface area contributed by atoms with Gasteiger partial charge in [0.1, 0.15) is 5.58 Å². The number of pyridine rings is 1. The average molecular weight is 1740 g/mol. The maximum absolute atomic E-state index is 13.1. The average Bonchev–Trinajstić information content (AvgIpc) is 1.65. The fourth-order valence-corrected chi connectivity index (χ4v) is 23.0. The van der Waals surface area contributed by atoms with Crippen LogP contribution in [-0.2, 0) is 57.2 Å². The highest BCUT2D eigenvalue weighted by Crippen LogP contribution is 2.35. The minimum Gasteiger partial charge on any atom is -0.464 e. The molecule has 8 heterocycles. The molecule has 119 heavy (non-hydrogen) atoms. The Balaban J connectivity index is 0.000000131. The molecule has 0 unspecified atom stereocenters. The van der Waals surface area contributed by atoms with Crippen molar-refractivity contribution in [1.29, 1.82) is 0 Å². The first-order valence-electron chi connectivity index (χ1n) is 39.0. The number of halogens is 1. The third-order valence-electron chi connectivity index (χ3n) is 20.9. The van der Waals surface area contributed by atoms with E-state index in [0.29, 0.717) is 125 Å². The highest BCUT2D eigenvalue weighted by Gasteiger charge is 2.30. The highest BCUT2D eigenvalue weighted by molar-refractivity contribution is 7.94. The van der Waals surface area contributed by atoms with Crippen LogP contribution >= 0.6 is 22.9 Å². The first kappa shape index (κ1) is 84.3. The number of furan rings is 1. The van der Waals surface area contributed by atoms with E-state index in [1.165, 1.54) is 41.5 Å². The maximum Gasteiger partial charge on any atom is 0.261 e. The molecule has 4 N–H and O–H groups in total. The van der Waals surface area contributed by atoms with Crippen molar-refractivity contribution < 1.29 is 60.9 Å². The van der Waals surface area contributed by atoms with E-state index in [9.17, 15) is 56.5 Å². The highest BCUT2D eigenvalue weighted by atomic mass is 35.5. The van der Waals surface area contributed by atoms with Crippen LogP contribution in [0.1, 0.15) is 114 Å². The van der Waals surface area contributed by atoms with Gasteiger partial charge in [0.25, 0.3) is 27.7 Å². The minimum absolute atomic E-state index is 0.0267. The Kier molecular flexibility index (Phi) is 25.9. The van der Waals surface area contributed by atoms with Crippen LogP contribution in [0.2, 0.25) is 5.02 Å². The minimum atomic E-state index is -3.92. The summed E-state index contributed by atoms with van der Waals surface area (Å²) in [5, 5.41) is 12.1. The largest absolute Gasteiger partial charge is 0.464 e. The molecule has 0 bridgehead atoms. The zero-order chi connectivity index (χ0) is 83.6. The second-order valence-corrected chi connectivity index (χ2v) is 40.4. The fraction of sp³-hybridized carbons (Fsp3) is 0.253. The molecule has 4 saturated heterocycles. The number of aryl methyl sites for hydroxylation is 2. The van der Waals surface area contributed by atoms with Gasteiger partial charge in [-0.15, -0.1) is 11.3 Å².